The molecule has 62 valence electrons. The summed E-state index contributed by atoms with van der Waals surface area (Å²) in [6.07, 6.45) is -1.04. The molecular weight excluding hydrogens is 160 g/mol. The van der Waals surface area contributed by atoms with Gasteiger partial charge in [-0.25, -0.2) is 8.78 Å². The Kier molecular flexibility index (Phi) is 4.13. The quantitative estimate of drug-likeness (QED) is 0.589. The fourth-order valence-electron chi connectivity index (χ4n) is 1.14. The number of nitrogens with two attached hydrogens (primary N) is 1. The molecule has 1 saturated carbocycles. The van der Waals surface area contributed by atoms with Crippen LogP contribution in [0.1, 0.15) is 19.3 Å². The van der Waals surface area contributed by atoms with Crippen molar-refractivity contribution in [1.82, 2.24) is 0 Å². The van der Waals surface area contributed by atoms with E-state index in [-0.39, 0.29) is 12.4 Å². The zero-order valence-corrected chi connectivity index (χ0v) is 6.41. The summed E-state index contributed by atoms with van der Waals surface area (Å²) in [5.41, 5.74) is 5.25. The second kappa shape index (κ2) is 4.09. The van der Waals surface area contributed by atoms with Crippen LogP contribution >= 0.6 is 12.4 Å². The number of hydrogen-bond donors (Lipinski definition) is 1. The van der Waals surface area contributed by atoms with E-state index < -0.39 is 18.4 Å². The molecule has 0 aromatic carbocycles. The van der Waals surface area contributed by atoms with E-state index in [2.05, 4.69) is 0 Å². The standard InChI is InChI=1S/C6H11F2N.ClH/c7-4-2-1-3-5(9)6(4)8;/h4-6H,1-3,9H2;1H. The molecule has 10 heavy (non-hydrogen) atoms. The van der Waals surface area contributed by atoms with E-state index in [4.69, 9.17) is 5.73 Å². The first kappa shape index (κ1) is 10.1. The Balaban J connectivity index is 0.000000810. The van der Waals surface area contributed by atoms with Crippen molar-refractivity contribution >= 4 is 12.4 Å². The lowest BCUT2D eigenvalue weighted by atomic mass is 9.93. The minimum atomic E-state index is -1.42. The summed E-state index contributed by atoms with van der Waals surface area (Å²) >= 11 is 0. The van der Waals surface area contributed by atoms with E-state index in [1.54, 1.807) is 0 Å². The van der Waals surface area contributed by atoms with Gasteiger partial charge in [-0.1, -0.05) is 0 Å². The topological polar surface area (TPSA) is 26.0 Å². The Labute approximate surface area is 65.4 Å². The van der Waals surface area contributed by atoms with Crippen molar-refractivity contribution in [1.29, 1.82) is 0 Å². The highest BCUT2D eigenvalue weighted by Gasteiger charge is 2.30. The van der Waals surface area contributed by atoms with Crippen LogP contribution in [0.5, 0.6) is 0 Å². The van der Waals surface area contributed by atoms with E-state index in [0.717, 1.165) is 6.42 Å². The molecule has 0 aliphatic heterocycles. The lowest BCUT2D eigenvalue weighted by Crippen LogP contribution is -2.41. The molecule has 1 rings (SSSR count). The lowest BCUT2D eigenvalue weighted by molar-refractivity contribution is 0.101. The van der Waals surface area contributed by atoms with Gasteiger partial charge in [-0.15, -0.1) is 12.4 Å². The summed E-state index contributed by atoms with van der Waals surface area (Å²) in [5, 5.41) is 0. The molecule has 1 aliphatic carbocycles. The molecule has 0 radical (unpaired) electrons. The van der Waals surface area contributed by atoms with E-state index in [9.17, 15) is 8.78 Å². The third kappa shape index (κ3) is 2.06. The van der Waals surface area contributed by atoms with E-state index in [1.807, 2.05) is 0 Å². The Bertz CT molecular complexity index is 91.7. The van der Waals surface area contributed by atoms with E-state index >= 15 is 0 Å². The molecule has 0 spiro atoms. The van der Waals surface area contributed by atoms with Crippen molar-refractivity contribution < 1.29 is 8.78 Å². The molecule has 0 aromatic rings. The lowest BCUT2D eigenvalue weighted by Gasteiger charge is -2.25. The molecule has 4 heteroatoms. The Morgan fingerprint density at radius 2 is 1.80 bits per heavy atom. The second-order valence-electron chi connectivity index (χ2n) is 2.56. The second-order valence-corrected chi connectivity index (χ2v) is 2.56. The first-order chi connectivity index (χ1) is 4.22. The molecular formula is C6H12ClF2N. The van der Waals surface area contributed by atoms with E-state index in [1.165, 1.54) is 0 Å². The Morgan fingerprint density at radius 3 is 2.20 bits per heavy atom. The SMILES string of the molecule is Cl.NC1CCCC(F)C1F. The average molecular weight is 172 g/mol. The normalized spacial score (nSPS) is 40.5. The van der Waals surface area contributed by atoms with E-state index in [0.29, 0.717) is 12.8 Å². The van der Waals surface area contributed by atoms with Gasteiger partial charge in [0, 0.05) is 6.04 Å². The number of halogens is 3. The maximum absolute atomic E-state index is 12.5. The largest absolute Gasteiger partial charge is 0.325 e. The highest BCUT2D eigenvalue weighted by atomic mass is 35.5. The highest BCUT2D eigenvalue weighted by molar-refractivity contribution is 5.85. The van der Waals surface area contributed by atoms with Crippen molar-refractivity contribution in [3.8, 4) is 0 Å². The predicted molar refractivity (Wildman–Crippen MR) is 38.9 cm³/mol. The smallest absolute Gasteiger partial charge is 0.146 e. The molecule has 2 N–H and O–H groups in total. The van der Waals surface area contributed by atoms with Crippen molar-refractivity contribution in [2.24, 2.45) is 5.73 Å². The van der Waals surface area contributed by atoms with Crippen molar-refractivity contribution in [2.75, 3.05) is 0 Å². The first-order valence-electron chi connectivity index (χ1n) is 3.25. The summed E-state index contributed by atoms with van der Waals surface area (Å²) in [6, 6.07) is -0.561. The molecule has 0 saturated heterocycles. The van der Waals surface area contributed by atoms with Gasteiger partial charge in [0.25, 0.3) is 0 Å². The van der Waals surface area contributed by atoms with Crippen molar-refractivity contribution in [3.63, 3.8) is 0 Å². The zero-order chi connectivity index (χ0) is 6.85. The van der Waals surface area contributed by atoms with Crippen LogP contribution in [0.2, 0.25) is 0 Å². The molecule has 1 aliphatic rings. The van der Waals surface area contributed by atoms with Gasteiger partial charge in [0.2, 0.25) is 0 Å². The van der Waals surface area contributed by atoms with Gasteiger partial charge in [0.15, 0.2) is 0 Å². The number of alkyl halides is 2. The summed E-state index contributed by atoms with van der Waals surface area (Å²) in [6.45, 7) is 0. The van der Waals surface area contributed by atoms with Gasteiger partial charge in [-0.2, -0.15) is 0 Å². The first-order valence-corrected chi connectivity index (χ1v) is 3.25. The Hall–Kier alpha value is 0.110. The van der Waals surface area contributed by atoms with Gasteiger partial charge < -0.3 is 5.73 Å². The van der Waals surface area contributed by atoms with Gasteiger partial charge in [-0.05, 0) is 19.3 Å². The average Bonchev–Trinajstić information content (AvgIpc) is 1.83. The predicted octanol–water partition coefficient (Wildman–Crippen LogP) is 1.60. The van der Waals surface area contributed by atoms with Gasteiger partial charge >= 0.3 is 0 Å². The van der Waals surface area contributed by atoms with Crippen molar-refractivity contribution in [3.05, 3.63) is 0 Å². The minimum absolute atomic E-state index is 0. The van der Waals surface area contributed by atoms with Crippen LogP contribution in [-0.4, -0.2) is 18.4 Å². The maximum Gasteiger partial charge on any atom is 0.146 e. The fraction of sp³-hybridized carbons (Fsp3) is 1.00. The zero-order valence-electron chi connectivity index (χ0n) is 5.59. The monoisotopic (exact) mass is 171 g/mol. The molecule has 3 atom stereocenters. The molecule has 3 unspecified atom stereocenters. The van der Waals surface area contributed by atoms with Crippen LogP contribution in [0.25, 0.3) is 0 Å². The third-order valence-electron chi connectivity index (χ3n) is 1.77. The van der Waals surface area contributed by atoms with Gasteiger partial charge in [-0.3, -0.25) is 0 Å². The fourth-order valence-corrected chi connectivity index (χ4v) is 1.14. The minimum Gasteiger partial charge on any atom is -0.325 e. The number of hydrogen-bond acceptors (Lipinski definition) is 1. The summed E-state index contributed by atoms with van der Waals surface area (Å²) in [4.78, 5) is 0. The van der Waals surface area contributed by atoms with Crippen LogP contribution in [0.3, 0.4) is 0 Å². The van der Waals surface area contributed by atoms with Crippen LogP contribution in [0, 0.1) is 0 Å². The summed E-state index contributed by atoms with van der Waals surface area (Å²) < 4.78 is 24.8. The van der Waals surface area contributed by atoms with Gasteiger partial charge in [0.05, 0.1) is 0 Å². The maximum atomic E-state index is 12.5. The summed E-state index contributed by atoms with van der Waals surface area (Å²) in [5.74, 6) is 0. The summed E-state index contributed by atoms with van der Waals surface area (Å²) in [7, 11) is 0. The number of rotatable bonds is 0. The molecule has 1 fully saturated rings. The van der Waals surface area contributed by atoms with Crippen LogP contribution in [0.4, 0.5) is 8.78 Å². The van der Waals surface area contributed by atoms with Crippen LogP contribution < -0.4 is 5.73 Å². The highest BCUT2D eigenvalue weighted by Crippen LogP contribution is 2.22. The van der Waals surface area contributed by atoms with Crippen LogP contribution in [0.15, 0.2) is 0 Å². The van der Waals surface area contributed by atoms with Gasteiger partial charge in [0.1, 0.15) is 12.3 Å². The third-order valence-corrected chi connectivity index (χ3v) is 1.77. The molecule has 0 aromatic heterocycles. The molecule has 0 bridgehead atoms. The Morgan fingerprint density at radius 1 is 1.20 bits per heavy atom. The molecule has 0 heterocycles. The molecule has 0 amide bonds. The van der Waals surface area contributed by atoms with Crippen LogP contribution in [-0.2, 0) is 0 Å². The van der Waals surface area contributed by atoms with Crippen molar-refractivity contribution in [2.45, 2.75) is 37.6 Å². The molecule has 1 nitrogen and oxygen atoms in total.